The number of carboxylic acids is 2. The summed E-state index contributed by atoms with van der Waals surface area (Å²) in [4.78, 5) is 23.7. The van der Waals surface area contributed by atoms with Crippen molar-refractivity contribution in [3.8, 4) is 0 Å². The Labute approximate surface area is 202 Å². The lowest BCUT2D eigenvalue weighted by Gasteiger charge is -2.19. The summed E-state index contributed by atoms with van der Waals surface area (Å²) in [7, 11) is 0. The standard InChI is InChI=1S/C29H37NO4/c31-28(32)26(24-9-1-2-10-24)17-22-7-3-5-20(15-22)11-12-21-6-4-8-23(16-21)18-27(29(33)34)25-13-14-30-19-25/h3-8,15-16,24-27,30H,1-2,9-14,17-19H2,(H,31,32)(H,33,34)/t25-,26-,27-/m0/s1. The SMILES string of the molecule is O=C(O)[C@@H](Cc1cccc(CCc2cccc(C[C@H](C(=O)O)[C@H]3CCNC3)c2)c1)C1CCCC1. The summed E-state index contributed by atoms with van der Waals surface area (Å²) in [5, 5.41) is 22.8. The second-order valence-corrected chi connectivity index (χ2v) is 10.2. The molecule has 3 atom stereocenters. The maximum Gasteiger partial charge on any atom is 0.307 e. The first-order valence-corrected chi connectivity index (χ1v) is 12.8. The normalized spacial score (nSPS) is 20.3. The average molecular weight is 464 g/mol. The molecule has 2 aromatic rings. The van der Waals surface area contributed by atoms with Crippen LogP contribution in [0.3, 0.4) is 0 Å². The van der Waals surface area contributed by atoms with Crippen molar-refractivity contribution in [2.75, 3.05) is 13.1 Å². The molecule has 4 rings (SSSR count). The van der Waals surface area contributed by atoms with E-state index in [4.69, 9.17) is 0 Å². The minimum absolute atomic E-state index is 0.197. The van der Waals surface area contributed by atoms with Crippen LogP contribution in [0.15, 0.2) is 48.5 Å². The molecule has 1 aliphatic heterocycles. The van der Waals surface area contributed by atoms with Crippen LogP contribution in [0.25, 0.3) is 0 Å². The summed E-state index contributed by atoms with van der Waals surface area (Å²) >= 11 is 0. The Hall–Kier alpha value is -2.66. The van der Waals surface area contributed by atoms with Gasteiger partial charge in [0.25, 0.3) is 0 Å². The van der Waals surface area contributed by atoms with Crippen molar-refractivity contribution in [2.24, 2.45) is 23.7 Å². The van der Waals surface area contributed by atoms with Crippen molar-refractivity contribution in [3.05, 3.63) is 70.8 Å². The van der Waals surface area contributed by atoms with Crippen LogP contribution < -0.4 is 5.32 Å². The monoisotopic (exact) mass is 463 g/mol. The van der Waals surface area contributed by atoms with E-state index < -0.39 is 11.9 Å². The summed E-state index contributed by atoms with van der Waals surface area (Å²) < 4.78 is 0. The molecule has 2 fully saturated rings. The first-order chi connectivity index (χ1) is 16.5. The van der Waals surface area contributed by atoms with Gasteiger partial charge in [0, 0.05) is 0 Å². The van der Waals surface area contributed by atoms with Crippen LogP contribution in [0.5, 0.6) is 0 Å². The highest BCUT2D eigenvalue weighted by molar-refractivity contribution is 5.71. The molecule has 0 unspecified atom stereocenters. The third kappa shape index (κ3) is 6.47. The molecular formula is C29H37NO4. The first-order valence-electron chi connectivity index (χ1n) is 12.8. The third-order valence-corrected chi connectivity index (χ3v) is 7.87. The first kappa shape index (κ1) is 24.5. The van der Waals surface area contributed by atoms with Gasteiger partial charge in [0.05, 0.1) is 11.8 Å². The molecule has 5 heteroatoms. The summed E-state index contributed by atoms with van der Waals surface area (Å²) in [6.07, 6.45) is 8.24. The zero-order valence-electron chi connectivity index (χ0n) is 19.9. The minimum Gasteiger partial charge on any atom is -0.481 e. The molecule has 182 valence electrons. The molecule has 3 N–H and O–H groups in total. The number of rotatable bonds is 11. The lowest BCUT2D eigenvalue weighted by Crippen LogP contribution is -2.27. The van der Waals surface area contributed by atoms with Crippen molar-refractivity contribution in [1.82, 2.24) is 5.32 Å². The van der Waals surface area contributed by atoms with Crippen LogP contribution >= 0.6 is 0 Å². The maximum absolute atomic E-state index is 11.9. The predicted octanol–water partition coefficient (Wildman–Crippen LogP) is 4.76. The Morgan fingerprint density at radius 3 is 1.74 bits per heavy atom. The van der Waals surface area contributed by atoms with Gasteiger partial charge in [-0.15, -0.1) is 0 Å². The Morgan fingerprint density at radius 1 is 0.765 bits per heavy atom. The highest BCUT2D eigenvalue weighted by atomic mass is 16.4. The summed E-state index contributed by atoms with van der Waals surface area (Å²) in [6.45, 7) is 1.69. The van der Waals surface area contributed by atoms with Crippen LogP contribution in [-0.4, -0.2) is 35.2 Å². The molecule has 34 heavy (non-hydrogen) atoms. The molecule has 0 amide bonds. The molecule has 0 spiro atoms. The fourth-order valence-corrected chi connectivity index (χ4v) is 5.91. The fraction of sp³-hybridized carbons (Fsp3) is 0.517. The number of hydrogen-bond donors (Lipinski definition) is 3. The van der Waals surface area contributed by atoms with Gasteiger partial charge in [0.1, 0.15) is 0 Å². The van der Waals surface area contributed by atoms with Crippen LogP contribution in [-0.2, 0) is 35.3 Å². The Bertz CT molecular complexity index is 896. The van der Waals surface area contributed by atoms with Crippen molar-refractivity contribution < 1.29 is 19.8 Å². The molecule has 1 heterocycles. The van der Waals surface area contributed by atoms with Gasteiger partial charge in [-0.2, -0.15) is 0 Å². The summed E-state index contributed by atoms with van der Waals surface area (Å²) in [6, 6.07) is 16.7. The summed E-state index contributed by atoms with van der Waals surface area (Å²) in [5.74, 6) is -1.49. The van der Waals surface area contributed by atoms with E-state index in [2.05, 4.69) is 35.6 Å². The van der Waals surface area contributed by atoms with Gasteiger partial charge in [-0.25, -0.2) is 0 Å². The second kappa shape index (κ2) is 11.7. The number of benzene rings is 2. The summed E-state index contributed by atoms with van der Waals surface area (Å²) in [5.41, 5.74) is 4.64. The lowest BCUT2D eigenvalue weighted by molar-refractivity contribution is -0.144. The molecule has 1 saturated carbocycles. The van der Waals surface area contributed by atoms with Crippen molar-refractivity contribution in [3.63, 3.8) is 0 Å². The second-order valence-electron chi connectivity index (χ2n) is 10.2. The molecule has 2 aliphatic rings. The van der Waals surface area contributed by atoms with Gasteiger partial charge in [-0.3, -0.25) is 9.59 Å². The van der Waals surface area contributed by atoms with Gasteiger partial charge < -0.3 is 15.5 Å². The highest BCUT2D eigenvalue weighted by Gasteiger charge is 2.31. The Morgan fingerprint density at radius 2 is 1.26 bits per heavy atom. The quantitative estimate of drug-likeness (QED) is 0.447. The smallest absolute Gasteiger partial charge is 0.307 e. The van der Waals surface area contributed by atoms with Crippen LogP contribution in [0.4, 0.5) is 0 Å². The van der Waals surface area contributed by atoms with Crippen molar-refractivity contribution in [2.45, 2.75) is 57.8 Å². The van der Waals surface area contributed by atoms with Gasteiger partial charge >= 0.3 is 11.9 Å². The fourth-order valence-electron chi connectivity index (χ4n) is 5.91. The van der Waals surface area contributed by atoms with Gasteiger partial charge in [0.2, 0.25) is 0 Å². The van der Waals surface area contributed by atoms with E-state index in [0.717, 1.165) is 69.2 Å². The van der Waals surface area contributed by atoms with E-state index >= 15 is 0 Å². The predicted molar refractivity (Wildman–Crippen MR) is 133 cm³/mol. The zero-order valence-corrected chi connectivity index (χ0v) is 19.9. The number of carboxylic acid groups (broad SMARTS) is 2. The largest absolute Gasteiger partial charge is 0.481 e. The minimum atomic E-state index is -0.701. The number of nitrogens with one attached hydrogen (secondary N) is 1. The van der Waals surface area contributed by atoms with E-state index in [0.29, 0.717) is 18.8 Å². The average Bonchev–Trinajstić information content (AvgIpc) is 3.55. The van der Waals surface area contributed by atoms with Crippen LogP contribution in [0, 0.1) is 23.7 Å². The number of carbonyl (C=O) groups is 2. The molecule has 2 aromatic carbocycles. The Kier molecular flexibility index (Phi) is 8.39. The number of aliphatic carboxylic acids is 2. The molecular weight excluding hydrogens is 426 g/mol. The van der Waals surface area contributed by atoms with E-state index in [9.17, 15) is 19.8 Å². The van der Waals surface area contributed by atoms with Crippen LogP contribution in [0.2, 0.25) is 0 Å². The third-order valence-electron chi connectivity index (χ3n) is 7.87. The van der Waals surface area contributed by atoms with Gasteiger partial charge in [0.15, 0.2) is 0 Å². The topological polar surface area (TPSA) is 86.6 Å². The molecule has 5 nitrogen and oxygen atoms in total. The molecule has 0 radical (unpaired) electrons. The highest BCUT2D eigenvalue weighted by Crippen LogP contribution is 2.33. The van der Waals surface area contributed by atoms with E-state index in [1.165, 1.54) is 11.1 Å². The Balaban J connectivity index is 1.37. The number of aryl methyl sites for hydroxylation is 2. The molecule has 0 bridgehead atoms. The van der Waals surface area contributed by atoms with Crippen LogP contribution in [0.1, 0.15) is 54.4 Å². The zero-order chi connectivity index (χ0) is 23.9. The van der Waals surface area contributed by atoms with Gasteiger partial charge in [-0.1, -0.05) is 61.4 Å². The maximum atomic E-state index is 11.9. The van der Waals surface area contributed by atoms with E-state index in [1.807, 2.05) is 18.2 Å². The lowest BCUT2D eigenvalue weighted by atomic mass is 9.85. The molecule has 0 aromatic heterocycles. The number of hydrogen-bond acceptors (Lipinski definition) is 3. The van der Waals surface area contributed by atoms with Gasteiger partial charge in [-0.05, 0) is 92.1 Å². The molecule has 1 aliphatic carbocycles. The molecule has 1 saturated heterocycles. The van der Waals surface area contributed by atoms with E-state index in [1.54, 1.807) is 0 Å². The van der Waals surface area contributed by atoms with Crippen molar-refractivity contribution >= 4 is 11.9 Å². The van der Waals surface area contributed by atoms with E-state index in [-0.39, 0.29) is 17.8 Å². The van der Waals surface area contributed by atoms with Crippen molar-refractivity contribution in [1.29, 1.82) is 0 Å².